The maximum absolute atomic E-state index is 12.8. The molecule has 1 saturated heterocycles. The van der Waals surface area contributed by atoms with Gasteiger partial charge in [0.25, 0.3) is 0 Å². The van der Waals surface area contributed by atoms with Gasteiger partial charge in [-0.2, -0.15) is 0 Å². The molecule has 2 amide bonds. The third kappa shape index (κ3) is 4.04. The summed E-state index contributed by atoms with van der Waals surface area (Å²) in [5.74, 6) is 0.376. The van der Waals surface area contributed by atoms with Crippen LogP contribution in [0.3, 0.4) is 0 Å². The Morgan fingerprint density at radius 1 is 1.04 bits per heavy atom. The number of hydrogen-bond donors (Lipinski definition) is 1. The number of carbonyl (C=O) groups is 2. The Kier molecular flexibility index (Phi) is 6.05. The van der Waals surface area contributed by atoms with Gasteiger partial charge >= 0.3 is 182 Å². The van der Waals surface area contributed by atoms with Crippen LogP contribution < -0.4 is 26.8 Å². The van der Waals surface area contributed by atoms with Crippen LogP contribution in [0.25, 0.3) is 0 Å². The Labute approximate surface area is 181 Å². The van der Waals surface area contributed by atoms with Crippen molar-refractivity contribution in [3.8, 4) is 0 Å². The Balaban J connectivity index is 1.25. The summed E-state index contributed by atoms with van der Waals surface area (Å²) in [6.07, 6.45) is 14.2. The van der Waals surface area contributed by atoms with E-state index in [2.05, 4.69) is 13.3 Å². The van der Waals surface area contributed by atoms with Gasteiger partial charge in [-0.1, -0.05) is 0 Å². The Hall–Kier alpha value is 0.360. The van der Waals surface area contributed by atoms with E-state index in [4.69, 9.17) is 0 Å². The quantitative estimate of drug-likeness (QED) is 0.171. The van der Waals surface area contributed by atoms with Gasteiger partial charge in [0.05, 0.1) is 0 Å². The van der Waals surface area contributed by atoms with Crippen molar-refractivity contribution in [2.24, 2.45) is 0 Å². The van der Waals surface area contributed by atoms with Crippen LogP contribution in [0.5, 0.6) is 0 Å². The number of halogens is 2. The van der Waals surface area contributed by atoms with Crippen LogP contribution in [0.4, 0.5) is 4.79 Å². The molecule has 0 spiro atoms. The fourth-order valence-corrected chi connectivity index (χ4v) is 9.34. The van der Waals surface area contributed by atoms with Crippen LogP contribution in [0.1, 0.15) is 70.6 Å². The minimum atomic E-state index is -0.153. The second-order valence-electron chi connectivity index (χ2n) is 8.73. The molecule has 7 heteroatoms. The van der Waals surface area contributed by atoms with Crippen molar-refractivity contribution in [1.82, 2.24) is 13.3 Å². The van der Waals surface area contributed by atoms with Gasteiger partial charge in [-0.15, -0.1) is 0 Å². The van der Waals surface area contributed by atoms with Gasteiger partial charge in [0, 0.05) is 0 Å². The summed E-state index contributed by atoms with van der Waals surface area (Å²) >= 11 is 1.67. The summed E-state index contributed by atoms with van der Waals surface area (Å²) in [7, 11) is 0. The molecule has 5 nitrogen and oxygen atoms in total. The topological polar surface area (TPSA) is 52.7 Å². The predicted octanol–water partition coefficient (Wildman–Crippen LogP) is 0.457. The number of nitrogens with zero attached hydrogens (tertiary/aromatic N) is 2. The fraction of sp³-hybridized carbons (Fsp3) is 0.895. The van der Waals surface area contributed by atoms with Crippen LogP contribution in [0, 0.1) is 0 Å². The molecule has 5 aliphatic rings. The monoisotopic (exact) mass is 586 g/mol. The van der Waals surface area contributed by atoms with E-state index < -0.39 is 0 Å². The second-order valence-corrected chi connectivity index (χ2v) is 13.2. The number of piperazine rings is 1. The van der Waals surface area contributed by atoms with Gasteiger partial charge in [-0.05, 0) is 0 Å². The van der Waals surface area contributed by atoms with Crippen LogP contribution >= 0.6 is 22.6 Å². The van der Waals surface area contributed by atoms with Crippen molar-refractivity contribution in [3.63, 3.8) is 0 Å². The van der Waals surface area contributed by atoms with Crippen molar-refractivity contribution >= 4 is 32.4 Å². The Morgan fingerprint density at radius 2 is 1.65 bits per heavy atom. The van der Waals surface area contributed by atoms with Gasteiger partial charge in [0.15, 0.2) is 0 Å². The maximum atomic E-state index is 12.8. The van der Waals surface area contributed by atoms with E-state index in [0.29, 0.717) is 12.5 Å². The molecular formula is C19H30I2N3O2-. The molecule has 1 aliphatic heterocycles. The molecule has 0 unspecified atom stereocenters. The molecule has 1 heterocycles. The molecule has 5 rings (SSSR count). The van der Waals surface area contributed by atoms with Gasteiger partial charge in [-0.3, -0.25) is 0 Å². The molecule has 2 bridgehead atoms. The standard InChI is InChI=1S/C19H30I2N3O2/c20-17(26)22-18-12-19(13-18,14-18)23-9-10-24(16(25)11-23)21-15-7-5-3-1-2-4-6-8-15/h15H,1-14H2,(H,22,26)/q-1. The zero-order chi connectivity index (χ0) is 18.2. The molecule has 1 N–H and O–H groups in total. The first-order valence-electron chi connectivity index (χ1n) is 10.2. The van der Waals surface area contributed by atoms with E-state index in [9.17, 15) is 9.59 Å². The zero-order valence-corrected chi connectivity index (χ0v) is 19.8. The van der Waals surface area contributed by atoms with Crippen LogP contribution in [0.2, 0.25) is 0 Å². The van der Waals surface area contributed by atoms with Gasteiger partial charge in [0.1, 0.15) is 0 Å². The van der Waals surface area contributed by atoms with Crippen molar-refractivity contribution in [1.29, 1.82) is 0 Å². The average Bonchev–Trinajstić information content (AvgIpc) is 2.65. The first-order valence-corrected chi connectivity index (χ1v) is 13.5. The Morgan fingerprint density at radius 3 is 2.23 bits per heavy atom. The minimum absolute atomic E-state index is 0.0524. The number of alkyl halides is 1. The number of rotatable bonds is 4. The van der Waals surface area contributed by atoms with E-state index in [0.717, 1.165) is 36.3 Å². The van der Waals surface area contributed by atoms with Crippen molar-refractivity contribution < 1.29 is 31.1 Å². The van der Waals surface area contributed by atoms with E-state index >= 15 is 0 Å². The van der Waals surface area contributed by atoms with Crippen LogP contribution in [0.15, 0.2) is 0 Å². The molecule has 0 aromatic rings. The van der Waals surface area contributed by atoms with Crippen molar-refractivity contribution in [2.75, 3.05) is 19.6 Å². The summed E-state index contributed by atoms with van der Waals surface area (Å²) in [4.78, 5) is 26.5. The van der Waals surface area contributed by atoms with Gasteiger partial charge < -0.3 is 0 Å². The summed E-state index contributed by atoms with van der Waals surface area (Å²) in [5, 5.41) is 3.11. The molecule has 0 aromatic carbocycles. The molecule has 0 radical (unpaired) electrons. The SMILES string of the molecule is O=C(I)NC12CC(N3CCN([I-]C4CCCCCCCC4)C(=O)C3)(C1)C2. The van der Waals surface area contributed by atoms with Gasteiger partial charge in [-0.25, -0.2) is 0 Å². The van der Waals surface area contributed by atoms with E-state index in [-0.39, 0.29) is 36.5 Å². The normalized spacial score (nSPS) is 36.5. The number of amides is 2. The van der Waals surface area contributed by atoms with Crippen LogP contribution in [-0.2, 0) is 4.79 Å². The molecule has 4 saturated carbocycles. The second kappa shape index (κ2) is 8.00. The van der Waals surface area contributed by atoms with E-state index in [1.165, 1.54) is 51.4 Å². The first-order chi connectivity index (χ1) is 12.5. The third-order valence-corrected chi connectivity index (χ3v) is 10.7. The van der Waals surface area contributed by atoms with Crippen LogP contribution in [-0.4, -0.2) is 52.5 Å². The Bertz CT molecular complexity index is 541. The predicted molar refractivity (Wildman–Crippen MR) is 106 cm³/mol. The molecular weight excluding hydrogens is 556 g/mol. The molecule has 148 valence electrons. The van der Waals surface area contributed by atoms with Gasteiger partial charge in [0.2, 0.25) is 0 Å². The van der Waals surface area contributed by atoms with Crippen molar-refractivity contribution in [3.05, 3.63) is 0 Å². The van der Waals surface area contributed by atoms with E-state index in [1.807, 2.05) is 22.6 Å². The summed E-state index contributed by atoms with van der Waals surface area (Å²) < 4.78 is 3.13. The average molecular weight is 586 g/mol. The van der Waals surface area contributed by atoms with E-state index in [1.54, 1.807) is 0 Å². The van der Waals surface area contributed by atoms with Crippen molar-refractivity contribution in [2.45, 2.75) is 85.6 Å². The number of carbonyl (C=O) groups excluding carboxylic acids is 2. The zero-order valence-electron chi connectivity index (χ0n) is 15.4. The fourth-order valence-electron chi connectivity index (χ4n) is 5.42. The molecule has 0 atom stereocenters. The molecule has 4 aliphatic carbocycles. The molecule has 26 heavy (non-hydrogen) atoms. The summed E-state index contributed by atoms with van der Waals surface area (Å²) in [6, 6.07) is 0. The number of nitrogens with one attached hydrogen (secondary N) is 1. The third-order valence-electron chi connectivity index (χ3n) is 6.74. The summed E-state index contributed by atoms with van der Waals surface area (Å²) in [5.41, 5.74) is 0.278. The summed E-state index contributed by atoms with van der Waals surface area (Å²) in [6.45, 7) is 2.59. The first kappa shape index (κ1) is 19.7. The molecule has 0 aromatic heterocycles. The number of hydrogen-bond acceptors (Lipinski definition) is 3. The molecule has 5 fully saturated rings.